The molecule has 0 aromatic carbocycles. The van der Waals surface area contributed by atoms with Crippen molar-refractivity contribution in [2.24, 2.45) is 5.92 Å². The van der Waals surface area contributed by atoms with Gasteiger partial charge in [0.25, 0.3) is 0 Å². The molecule has 2 saturated heterocycles. The van der Waals surface area contributed by atoms with Gasteiger partial charge in [-0.2, -0.15) is 0 Å². The third-order valence-electron chi connectivity index (χ3n) is 4.72. The summed E-state index contributed by atoms with van der Waals surface area (Å²) < 4.78 is 0. The van der Waals surface area contributed by atoms with Gasteiger partial charge in [-0.1, -0.05) is 6.07 Å². The van der Waals surface area contributed by atoms with Crippen LogP contribution in [0.4, 0.5) is 0 Å². The van der Waals surface area contributed by atoms with Crippen LogP contribution in [0, 0.1) is 12.8 Å². The van der Waals surface area contributed by atoms with Crippen molar-refractivity contribution >= 4 is 5.91 Å². The van der Waals surface area contributed by atoms with Gasteiger partial charge in [-0.3, -0.25) is 14.7 Å². The maximum atomic E-state index is 12.2. The van der Waals surface area contributed by atoms with Gasteiger partial charge in [-0.25, -0.2) is 0 Å². The highest BCUT2D eigenvalue weighted by atomic mass is 16.3. The fourth-order valence-electron chi connectivity index (χ4n) is 3.55. The predicted octanol–water partition coefficient (Wildman–Crippen LogP) is 1.20. The van der Waals surface area contributed by atoms with E-state index in [0.717, 1.165) is 44.6 Å². The third kappa shape index (κ3) is 3.65. The zero-order chi connectivity index (χ0) is 15.5. The van der Waals surface area contributed by atoms with Gasteiger partial charge in [0.05, 0.1) is 6.10 Å². The first-order chi connectivity index (χ1) is 10.6. The predicted molar refractivity (Wildman–Crippen MR) is 84.2 cm³/mol. The van der Waals surface area contributed by atoms with Crippen molar-refractivity contribution in [2.45, 2.75) is 38.8 Å². The zero-order valence-corrected chi connectivity index (χ0v) is 13.2. The first-order valence-corrected chi connectivity index (χ1v) is 8.20. The number of hydrogen-bond acceptors (Lipinski definition) is 4. The second-order valence-corrected chi connectivity index (χ2v) is 6.68. The summed E-state index contributed by atoms with van der Waals surface area (Å²) in [4.78, 5) is 20.6. The van der Waals surface area contributed by atoms with Crippen LogP contribution in [0.1, 0.15) is 30.4 Å². The number of carbonyl (C=O) groups excluding carboxylic acids is 1. The van der Waals surface area contributed by atoms with E-state index in [1.807, 2.05) is 24.2 Å². The molecule has 0 saturated carbocycles. The summed E-state index contributed by atoms with van der Waals surface area (Å²) in [5.74, 6) is 0.270. The van der Waals surface area contributed by atoms with Crippen molar-refractivity contribution in [1.29, 1.82) is 0 Å². The van der Waals surface area contributed by atoms with Gasteiger partial charge >= 0.3 is 0 Å². The number of aliphatic hydroxyl groups excluding tert-OH is 1. The van der Waals surface area contributed by atoms with E-state index < -0.39 is 6.10 Å². The Kier molecular flexibility index (Phi) is 4.74. The smallest absolute Gasteiger partial charge is 0.222 e. The van der Waals surface area contributed by atoms with Crippen molar-refractivity contribution in [2.75, 3.05) is 26.2 Å². The number of amides is 1. The number of β-amino-alcohol motifs (C(OH)–C–C–N with tert-alkyl or cyclic N) is 1. The molecule has 0 spiro atoms. The van der Waals surface area contributed by atoms with Crippen LogP contribution >= 0.6 is 0 Å². The molecule has 120 valence electrons. The minimum absolute atomic E-state index is 0.0610. The van der Waals surface area contributed by atoms with Crippen molar-refractivity contribution < 1.29 is 9.90 Å². The number of aryl methyl sites for hydroxylation is 1. The molecule has 0 radical (unpaired) electrons. The molecule has 5 nitrogen and oxygen atoms in total. The number of aromatic nitrogens is 1. The molecule has 0 bridgehead atoms. The number of aliphatic hydroxyl groups is 1. The Hall–Kier alpha value is -1.46. The second kappa shape index (κ2) is 6.75. The summed E-state index contributed by atoms with van der Waals surface area (Å²) in [6, 6.07) is 2.13. The number of pyridine rings is 1. The Morgan fingerprint density at radius 1 is 1.32 bits per heavy atom. The van der Waals surface area contributed by atoms with Crippen molar-refractivity contribution in [3.63, 3.8) is 0 Å². The number of rotatable bonds is 4. The molecule has 2 fully saturated rings. The third-order valence-corrected chi connectivity index (χ3v) is 4.72. The van der Waals surface area contributed by atoms with Crippen LogP contribution in [0.3, 0.4) is 0 Å². The average Bonchev–Trinajstić information content (AvgIpc) is 3.10. The lowest BCUT2D eigenvalue weighted by atomic mass is 10.0. The number of hydrogen-bond donors (Lipinski definition) is 1. The molecule has 2 aliphatic rings. The van der Waals surface area contributed by atoms with Crippen LogP contribution in [-0.4, -0.2) is 58.1 Å². The highest BCUT2D eigenvalue weighted by molar-refractivity contribution is 5.76. The molecular formula is C17H25N3O2. The van der Waals surface area contributed by atoms with E-state index in [4.69, 9.17) is 0 Å². The van der Waals surface area contributed by atoms with Gasteiger partial charge in [-0.05, 0) is 30.9 Å². The van der Waals surface area contributed by atoms with Crippen LogP contribution in [0.5, 0.6) is 0 Å². The number of likely N-dealkylation sites (tertiary alicyclic amines) is 2. The van der Waals surface area contributed by atoms with Gasteiger partial charge < -0.3 is 10.0 Å². The quantitative estimate of drug-likeness (QED) is 0.908. The summed E-state index contributed by atoms with van der Waals surface area (Å²) in [5, 5.41) is 10.3. The summed E-state index contributed by atoms with van der Waals surface area (Å²) in [6.45, 7) is 6.04. The Morgan fingerprint density at radius 3 is 2.82 bits per heavy atom. The molecule has 1 aromatic heterocycles. The molecule has 3 rings (SSSR count). The highest BCUT2D eigenvalue weighted by Crippen LogP contribution is 2.24. The maximum absolute atomic E-state index is 12.2. The lowest BCUT2D eigenvalue weighted by molar-refractivity contribution is -0.131. The lowest BCUT2D eigenvalue weighted by Gasteiger charge is -2.19. The molecule has 22 heavy (non-hydrogen) atoms. The molecule has 3 heterocycles. The van der Waals surface area contributed by atoms with Crippen molar-refractivity contribution in [1.82, 2.24) is 14.8 Å². The summed E-state index contributed by atoms with van der Waals surface area (Å²) >= 11 is 0. The SMILES string of the molecule is Cc1cncc(CN2C[C@H](CC(=O)N3CCCC3)[C@@H](O)C2)c1. The molecule has 1 aromatic rings. The van der Waals surface area contributed by atoms with E-state index in [2.05, 4.69) is 16.0 Å². The largest absolute Gasteiger partial charge is 0.391 e. The molecule has 5 heteroatoms. The van der Waals surface area contributed by atoms with Crippen LogP contribution in [-0.2, 0) is 11.3 Å². The minimum atomic E-state index is -0.399. The van der Waals surface area contributed by atoms with E-state index in [1.54, 1.807) is 0 Å². The van der Waals surface area contributed by atoms with E-state index in [9.17, 15) is 9.90 Å². The van der Waals surface area contributed by atoms with Gasteiger partial charge in [0.15, 0.2) is 0 Å². The van der Waals surface area contributed by atoms with Crippen molar-refractivity contribution in [3.8, 4) is 0 Å². The summed E-state index contributed by atoms with van der Waals surface area (Å²) in [7, 11) is 0. The van der Waals surface area contributed by atoms with Crippen LogP contribution < -0.4 is 0 Å². The molecule has 0 aliphatic carbocycles. The van der Waals surface area contributed by atoms with E-state index >= 15 is 0 Å². The van der Waals surface area contributed by atoms with Gasteiger partial charge in [0, 0.05) is 57.5 Å². The second-order valence-electron chi connectivity index (χ2n) is 6.68. The molecule has 0 unspecified atom stereocenters. The molecule has 2 atom stereocenters. The molecular weight excluding hydrogens is 278 g/mol. The van der Waals surface area contributed by atoms with E-state index in [-0.39, 0.29) is 11.8 Å². The molecule has 1 N–H and O–H groups in total. The maximum Gasteiger partial charge on any atom is 0.222 e. The first-order valence-electron chi connectivity index (χ1n) is 8.20. The summed E-state index contributed by atoms with van der Waals surface area (Å²) in [6.07, 6.45) is 6.03. The lowest BCUT2D eigenvalue weighted by Crippen LogP contribution is -2.32. The first kappa shape index (κ1) is 15.4. The monoisotopic (exact) mass is 303 g/mol. The Balaban J connectivity index is 1.54. The number of nitrogens with zero attached hydrogens (tertiary/aromatic N) is 3. The van der Waals surface area contributed by atoms with E-state index in [1.165, 1.54) is 5.56 Å². The fourth-order valence-corrected chi connectivity index (χ4v) is 3.55. The minimum Gasteiger partial charge on any atom is -0.391 e. The van der Waals surface area contributed by atoms with Gasteiger partial charge in [-0.15, -0.1) is 0 Å². The van der Waals surface area contributed by atoms with Crippen LogP contribution in [0.2, 0.25) is 0 Å². The van der Waals surface area contributed by atoms with Gasteiger partial charge in [0.1, 0.15) is 0 Å². The van der Waals surface area contributed by atoms with Gasteiger partial charge in [0.2, 0.25) is 5.91 Å². The average molecular weight is 303 g/mol. The van der Waals surface area contributed by atoms with Crippen molar-refractivity contribution in [3.05, 3.63) is 29.6 Å². The highest BCUT2D eigenvalue weighted by Gasteiger charge is 2.34. The Morgan fingerprint density at radius 2 is 2.09 bits per heavy atom. The Bertz CT molecular complexity index is 528. The zero-order valence-electron chi connectivity index (χ0n) is 13.2. The van der Waals surface area contributed by atoms with E-state index in [0.29, 0.717) is 13.0 Å². The molecule has 1 amide bonds. The normalized spacial score (nSPS) is 25.8. The van der Waals surface area contributed by atoms with Crippen LogP contribution in [0.15, 0.2) is 18.5 Å². The summed E-state index contributed by atoms with van der Waals surface area (Å²) in [5.41, 5.74) is 2.32. The molecule has 2 aliphatic heterocycles. The standard InChI is InChI=1S/C17H25N3O2/c1-13-6-14(9-18-8-13)10-19-11-15(16(21)12-19)7-17(22)20-4-2-3-5-20/h6,8-9,15-16,21H,2-5,7,10-12H2,1H3/t15-,16-/m0/s1. The Labute approximate surface area is 131 Å². The topological polar surface area (TPSA) is 56.7 Å². The fraction of sp³-hybridized carbons (Fsp3) is 0.647. The number of carbonyl (C=O) groups is 1. The van der Waals surface area contributed by atoms with Crippen LogP contribution in [0.25, 0.3) is 0 Å².